The van der Waals surface area contributed by atoms with Gasteiger partial charge in [0.15, 0.2) is 13.2 Å². The Morgan fingerprint density at radius 1 is 0.611 bits per heavy atom. The first-order valence-corrected chi connectivity index (χ1v) is 14.4. The number of ether oxygens (including phenoxy) is 7. The SMILES string of the molecule is OCC(COCC1CCC(COCC2CO2)CC1)OC[CH+]COCC1CCC(COCC2CO2)CC1. The van der Waals surface area contributed by atoms with Crippen molar-refractivity contribution in [3.8, 4) is 0 Å². The summed E-state index contributed by atoms with van der Waals surface area (Å²) in [6.45, 7) is 8.03. The highest BCUT2D eigenvalue weighted by molar-refractivity contribution is 4.75. The minimum absolute atomic E-state index is 0.0237. The Morgan fingerprint density at radius 2 is 1.06 bits per heavy atom. The van der Waals surface area contributed by atoms with Crippen LogP contribution in [0.1, 0.15) is 51.4 Å². The van der Waals surface area contributed by atoms with Crippen molar-refractivity contribution in [1.29, 1.82) is 0 Å². The molecule has 0 aromatic carbocycles. The van der Waals surface area contributed by atoms with Crippen LogP contribution < -0.4 is 0 Å². The van der Waals surface area contributed by atoms with Crippen molar-refractivity contribution in [2.75, 3.05) is 79.3 Å². The first-order valence-electron chi connectivity index (χ1n) is 14.4. The number of aliphatic hydroxyl groups excluding tert-OH is 1. The third kappa shape index (κ3) is 11.9. The number of epoxide rings is 2. The molecule has 0 spiro atoms. The van der Waals surface area contributed by atoms with Crippen molar-refractivity contribution in [3.05, 3.63) is 6.42 Å². The van der Waals surface area contributed by atoms with Gasteiger partial charge in [0, 0.05) is 19.8 Å². The molecular formula is C28H49O8+. The zero-order valence-corrected chi connectivity index (χ0v) is 22.1. The van der Waals surface area contributed by atoms with Gasteiger partial charge in [0.25, 0.3) is 0 Å². The minimum atomic E-state index is -0.278. The Labute approximate surface area is 217 Å². The van der Waals surface area contributed by atoms with Crippen molar-refractivity contribution >= 4 is 0 Å². The maximum Gasteiger partial charge on any atom is 0.190 e. The average molecular weight is 514 g/mol. The van der Waals surface area contributed by atoms with E-state index in [1.807, 2.05) is 6.42 Å². The number of hydrogen-bond acceptors (Lipinski definition) is 8. The molecule has 0 bridgehead atoms. The van der Waals surface area contributed by atoms with E-state index in [9.17, 15) is 5.11 Å². The molecule has 0 amide bonds. The van der Waals surface area contributed by atoms with Gasteiger partial charge in [0.2, 0.25) is 0 Å². The first kappa shape index (κ1) is 28.6. The lowest BCUT2D eigenvalue weighted by atomic mass is 9.83. The Kier molecular flexibility index (Phi) is 13.1. The zero-order valence-electron chi connectivity index (χ0n) is 22.1. The van der Waals surface area contributed by atoms with E-state index in [1.165, 1.54) is 51.4 Å². The van der Waals surface area contributed by atoms with E-state index >= 15 is 0 Å². The highest BCUT2D eigenvalue weighted by Crippen LogP contribution is 2.30. The zero-order chi connectivity index (χ0) is 24.8. The molecule has 2 saturated heterocycles. The predicted octanol–water partition coefficient (Wildman–Crippen LogP) is 3.04. The summed E-state index contributed by atoms with van der Waals surface area (Å²) in [7, 11) is 0. The predicted molar refractivity (Wildman–Crippen MR) is 135 cm³/mol. The molecule has 4 aliphatic rings. The second-order valence-corrected chi connectivity index (χ2v) is 11.3. The Bertz CT molecular complexity index is 554. The third-order valence-corrected chi connectivity index (χ3v) is 7.95. The standard InChI is InChI=1S/C28H49O8/c29-12-26(17-31-14-23-6-8-25(9-7-23)16-33-19-28-21-36-28)34-11-1-10-30-13-22-2-4-24(5-3-22)15-32-18-27-20-35-27/h1,22-29H,2-21H2/q+1. The molecule has 8 nitrogen and oxygen atoms in total. The van der Waals surface area contributed by atoms with Gasteiger partial charge in [-0.25, -0.2) is 0 Å². The van der Waals surface area contributed by atoms with Gasteiger partial charge in [-0.1, -0.05) is 0 Å². The summed E-state index contributed by atoms with van der Waals surface area (Å²) in [4.78, 5) is 0. The van der Waals surface area contributed by atoms with E-state index in [0.29, 0.717) is 55.7 Å². The summed E-state index contributed by atoms with van der Waals surface area (Å²) in [5, 5.41) is 9.61. The monoisotopic (exact) mass is 513 g/mol. The van der Waals surface area contributed by atoms with E-state index in [0.717, 1.165) is 52.9 Å². The number of rotatable bonds is 20. The summed E-state index contributed by atoms with van der Waals surface area (Å²) in [6.07, 6.45) is 12.2. The molecule has 2 aliphatic carbocycles. The number of hydrogen-bond donors (Lipinski definition) is 1. The minimum Gasteiger partial charge on any atom is -0.394 e. The summed E-state index contributed by atoms with van der Waals surface area (Å²) in [6, 6.07) is 0. The summed E-state index contributed by atoms with van der Waals surface area (Å²) < 4.78 is 39.4. The van der Waals surface area contributed by atoms with Crippen LogP contribution in [0.2, 0.25) is 0 Å². The van der Waals surface area contributed by atoms with E-state index < -0.39 is 0 Å². The lowest BCUT2D eigenvalue weighted by Gasteiger charge is -2.28. The van der Waals surface area contributed by atoms with Gasteiger partial charge >= 0.3 is 0 Å². The molecule has 2 heterocycles. The van der Waals surface area contributed by atoms with Crippen molar-refractivity contribution in [2.24, 2.45) is 23.7 Å². The van der Waals surface area contributed by atoms with Crippen LogP contribution in [-0.4, -0.2) is 103 Å². The lowest BCUT2D eigenvalue weighted by Crippen LogP contribution is -2.28. The van der Waals surface area contributed by atoms with Gasteiger partial charge in [-0.15, -0.1) is 0 Å². The van der Waals surface area contributed by atoms with Gasteiger partial charge in [-0.05, 0) is 75.0 Å². The van der Waals surface area contributed by atoms with E-state index in [2.05, 4.69) is 0 Å². The molecule has 1 N–H and O–H groups in total. The normalized spacial score (nSPS) is 32.8. The molecule has 4 rings (SSSR count). The van der Waals surface area contributed by atoms with Crippen LogP contribution in [0.3, 0.4) is 0 Å². The van der Waals surface area contributed by atoms with E-state index in [1.54, 1.807) is 0 Å². The molecule has 36 heavy (non-hydrogen) atoms. The van der Waals surface area contributed by atoms with Crippen LogP contribution >= 0.6 is 0 Å². The van der Waals surface area contributed by atoms with Crippen LogP contribution in [0.15, 0.2) is 0 Å². The molecule has 8 heteroatoms. The maximum atomic E-state index is 9.61. The maximum absolute atomic E-state index is 9.61. The van der Waals surface area contributed by atoms with Crippen LogP contribution in [0.4, 0.5) is 0 Å². The van der Waals surface area contributed by atoms with Crippen molar-refractivity contribution in [2.45, 2.75) is 69.7 Å². The molecule has 208 valence electrons. The summed E-state index contributed by atoms with van der Waals surface area (Å²) in [5.74, 6) is 2.63. The fourth-order valence-corrected chi connectivity index (χ4v) is 5.28. The highest BCUT2D eigenvalue weighted by atomic mass is 16.6. The molecule has 3 unspecified atom stereocenters. The van der Waals surface area contributed by atoms with Gasteiger partial charge in [0.05, 0.1) is 46.2 Å². The largest absolute Gasteiger partial charge is 0.394 e. The van der Waals surface area contributed by atoms with E-state index in [-0.39, 0.29) is 12.7 Å². The molecular weight excluding hydrogens is 464 g/mol. The first-order chi connectivity index (χ1) is 17.8. The molecule has 0 aromatic heterocycles. The highest BCUT2D eigenvalue weighted by Gasteiger charge is 2.26. The fraction of sp³-hybridized carbons (Fsp3) is 0.964. The van der Waals surface area contributed by atoms with Gasteiger partial charge in [-0.2, -0.15) is 0 Å². The van der Waals surface area contributed by atoms with Crippen molar-refractivity contribution in [3.63, 3.8) is 0 Å². The molecule has 2 saturated carbocycles. The summed E-state index contributed by atoms with van der Waals surface area (Å²) in [5.41, 5.74) is 0. The van der Waals surface area contributed by atoms with Gasteiger partial charge in [-0.3, -0.25) is 0 Å². The Hall–Kier alpha value is -0.450. The van der Waals surface area contributed by atoms with Crippen LogP contribution in [0.25, 0.3) is 0 Å². The Morgan fingerprint density at radius 3 is 1.50 bits per heavy atom. The van der Waals surface area contributed by atoms with E-state index in [4.69, 9.17) is 33.2 Å². The molecule has 0 aromatic rings. The molecule has 0 radical (unpaired) electrons. The average Bonchev–Trinajstić information content (AvgIpc) is 3.83. The van der Waals surface area contributed by atoms with Crippen LogP contribution in [-0.2, 0) is 33.2 Å². The topological polar surface area (TPSA) is 91.4 Å². The van der Waals surface area contributed by atoms with Crippen molar-refractivity contribution < 1.29 is 38.3 Å². The van der Waals surface area contributed by atoms with Crippen molar-refractivity contribution in [1.82, 2.24) is 0 Å². The lowest BCUT2D eigenvalue weighted by molar-refractivity contribution is -0.0484. The second-order valence-electron chi connectivity index (χ2n) is 11.3. The van der Waals surface area contributed by atoms with Gasteiger partial charge < -0.3 is 38.3 Å². The van der Waals surface area contributed by atoms with Crippen LogP contribution in [0.5, 0.6) is 0 Å². The summed E-state index contributed by atoms with van der Waals surface area (Å²) >= 11 is 0. The van der Waals surface area contributed by atoms with Gasteiger partial charge in [0.1, 0.15) is 24.7 Å². The third-order valence-electron chi connectivity index (χ3n) is 7.95. The second kappa shape index (κ2) is 16.5. The van der Waals surface area contributed by atoms with Crippen LogP contribution in [0, 0.1) is 30.1 Å². The Balaban J connectivity index is 0.919. The molecule has 4 fully saturated rings. The number of aliphatic hydroxyl groups is 1. The molecule has 2 aliphatic heterocycles. The molecule has 3 atom stereocenters. The quantitative estimate of drug-likeness (QED) is 0.151. The smallest absolute Gasteiger partial charge is 0.190 e. The fourth-order valence-electron chi connectivity index (χ4n) is 5.28.